The predicted molar refractivity (Wildman–Crippen MR) is 217 cm³/mol. The maximum Gasteiger partial charge on any atom is 0.407 e. The van der Waals surface area contributed by atoms with Gasteiger partial charge in [-0.05, 0) is 68.5 Å². The maximum atomic E-state index is 15.4. The molecule has 0 saturated carbocycles. The zero-order valence-corrected chi connectivity index (χ0v) is 33.8. The van der Waals surface area contributed by atoms with E-state index in [9.17, 15) is 37.1 Å². The lowest BCUT2D eigenvalue weighted by Crippen LogP contribution is -2.54. The zero-order valence-electron chi connectivity index (χ0n) is 33.8. The standard InChI is InChI=1S/C43H45F4N9O6/c1-48-34-4-2-27(22-32(34)43(45,46)47)54-14-8-26(9-15-54)39(58)50-37-6-3-29(25-49-37)62-28-10-12-52(13-11-28)16-17-53-18-20-55(21-19-53)36-24-31-30(23-33(36)44)41(60)56(42(31)61)35-5-7-38(57)51-40(35)59/h2-4,6,22-26,28,35H,5,7-21H2,(H,49,50,58)(H,51,57,59). The average Bonchev–Trinajstić information content (AvgIpc) is 3.50. The lowest BCUT2D eigenvalue weighted by molar-refractivity contribution is -0.137. The molecule has 326 valence electrons. The van der Waals surface area contributed by atoms with Crippen LogP contribution in [0.15, 0.2) is 48.7 Å². The molecule has 19 heteroatoms. The highest BCUT2D eigenvalue weighted by Gasteiger charge is 2.45. The molecule has 1 atom stereocenters. The molecule has 0 aliphatic carbocycles. The number of likely N-dealkylation sites (tertiary alicyclic amines) is 1. The van der Waals surface area contributed by atoms with E-state index in [0.717, 1.165) is 56.1 Å². The van der Waals surface area contributed by atoms with Gasteiger partial charge in [0.05, 0.1) is 35.1 Å². The van der Waals surface area contributed by atoms with Gasteiger partial charge in [0.2, 0.25) is 17.7 Å². The average molecular weight is 860 g/mol. The fraction of sp³-hybridized carbons (Fsp3) is 0.465. The van der Waals surface area contributed by atoms with Crippen molar-refractivity contribution in [2.24, 2.45) is 5.92 Å². The van der Waals surface area contributed by atoms with Crippen molar-refractivity contribution >= 4 is 52.4 Å². The number of rotatable bonds is 10. The van der Waals surface area contributed by atoms with E-state index in [-0.39, 0.29) is 47.6 Å². The van der Waals surface area contributed by atoms with Crippen LogP contribution in [-0.4, -0.2) is 127 Å². The van der Waals surface area contributed by atoms with Crippen molar-refractivity contribution in [3.05, 3.63) is 82.6 Å². The van der Waals surface area contributed by atoms with E-state index in [1.165, 1.54) is 18.2 Å². The normalized spacial score (nSPS) is 20.9. The minimum Gasteiger partial charge on any atom is -0.489 e. The summed E-state index contributed by atoms with van der Waals surface area (Å²) in [5.41, 5.74) is -0.827. The van der Waals surface area contributed by atoms with Crippen LogP contribution < -0.4 is 25.2 Å². The number of ether oxygens (including phenoxy) is 1. The number of alkyl halides is 3. The molecule has 5 aliphatic heterocycles. The molecule has 0 bridgehead atoms. The van der Waals surface area contributed by atoms with Crippen LogP contribution in [0, 0.1) is 18.3 Å². The zero-order chi connectivity index (χ0) is 43.7. The van der Waals surface area contributed by atoms with Crippen molar-refractivity contribution in [2.75, 3.05) is 80.6 Å². The number of anilines is 3. The largest absolute Gasteiger partial charge is 0.489 e. The molecule has 0 radical (unpaired) electrons. The number of piperazine rings is 1. The summed E-state index contributed by atoms with van der Waals surface area (Å²) in [6.45, 7) is 13.7. The van der Waals surface area contributed by atoms with Crippen molar-refractivity contribution in [1.29, 1.82) is 0 Å². The van der Waals surface area contributed by atoms with Gasteiger partial charge >= 0.3 is 6.18 Å². The summed E-state index contributed by atoms with van der Waals surface area (Å²) < 4.78 is 62.0. The summed E-state index contributed by atoms with van der Waals surface area (Å²) in [4.78, 5) is 79.9. The summed E-state index contributed by atoms with van der Waals surface area (Å²) in [6, 6.07) is 8.51. The van der Waals surface area contributed by atoms with Crippen molar-refractivity contribution in [2.45, 2.75) is 56.8 Å². The monoisotopic (exact) mass is 859 g/mol. The van der Waals surface area contributed by atoms with Crippen molar-refractivity contribution in [1.82, 2.24) is 25.0 Å². The third-order valence-corrected chi connectivity index (χ3v) is 12.4. The molecule has 15 nitrogen and oxygen atoms in total. The van der Waals surface area contributed by atoms with Crippen LogP contribution in [-0.2, 0) is 20.6 Å². The quantitative estimate of drug-likeness (QED) is 0.166. The smallest absolute Gasteiger partial charge is 0.407 e. The molecule has 0 spiro atoms. The lowest BCUT2D eigenvalue weighted by Gasteiger charge is -2.38. The fourth-order valence-corrected chi connectivity index (χ4v) is 8.86. The van der Waals surface area contributed by atoms with Gasteiger partial charge in [-0.1, -0.05) is 6.07 Å². The first-order valence-electron chi connectivity index (χ1n) is 20.8. The molecular formula is C43H45F4N9O6. The van der Waals surface area contributed by atoms with E-state index in [2.05, 4.69) is 30.3 Å². The first kappa shape index (κ1) is 42.6. The topological polar surface area (TPSA) is 152 Å². The summed E-state index contributed by atoms with van der Waals surface area (Å²) in [6.07, 6.45) is -0.455. The number of pyridine rings is 1. The third kappa shape index (κ3) is 9.07. The van der Waals surface area contributed by atoms with E-state index in [0.29, 0.717) is 69.4 Å². The number of halogens is 4. The second-order valence-corrected chi connectivity index (χ2v) is 16.2. The van der Waals surface area contributed by atoms with Crippen molar-refractivity contribution in [3.8, 4) is 5.75 Å². The van der Waals surface area contributed by atoms with Crippen LogP contribution >= 0.6 is 0 Å². The van der Waals surface area contributed by atoms with Gasteiger partial charge in [-0.15, -0.1) is 0 Å². The molecule has 6 heterocycles. The highest BCUT2D eigenvalue weighted by atomic mass is 19.4. The molecular weight excluding hydrogens is 815 g/mol. The van der Waals surface area contributed by atoms with E-state index in [1.54, 1.807) is 23.2 Å². The Hall–Kier alpha value is -6.13. The molecule has 5 amide bonds. The molecule has 4 saturated heterocycles. The summed E-state index contributed by atoms with van der Waals surface area (Å²) in [5, 5.41) is 5.01. The van der Waals surface area contributed by atoms with Gasteiger partial charge in [0.15, 0.2) is 5.69 Å². The Morgan fingerprint density at radius 1 is 0.839 bits per heavy atom. The Morgan fingerprint density at radius 3 is 2.15 bits per heavy atom. The number of nitrogens with one attached hydrogen (secondary N) is 2. The van der Waals surface area contributed by atoms with Gasteiger partial charge < -0.3 is 24.8 Å². The Labute approximate surface area is 354 Å². The number of aromatic nitrogens is 1. The van der Waals surface area contributed by atoms with Gasteiger partial charge in [0, 0.05) is 83.5 Å². The van der Waals surface area contributed by atoms with Crippen LogP contribution in [0.5, 0.6) is 5.75 Å². The molecule has 2 aromatic carbocycles. The number of amides is 5. The Balaban J connectivity index is 0.737. The molecule has 1 aromatic heterocycles. The van der Waals surface area contributed by atoms with Crippen LogP contribution in [0.2, 0.25) is 0 Å². The molecule has 3 aromatic rings. The lowest BCUT2D eigenvalue weighted by atomic mass is 9.95. The summed E-state index contributed by atoms with van der Waals surface area (Å²) in [5.74, 6) is -2.76. The Bertz CT molecular complexity index is 2280. The van der Waals surface area contributed by atoms with E-state index < -0.39 is 52.9 Å². The van der Waals surface area contributed by atoms with Gasteiger partial charge in [0.25, 0.3) is 11.8 Å². The summed E-state index contributed by atoms with van der Waals surface area (Å²) >= 11 is 0. The SMILES string of the molecule is [C-]#[N+]c1ccc(N2CCC(C(=O)Nc3ccc(OC4CCN(CCN5CCN(c6cc7c(cc6F)C(=O)N(C6CCC(=O)NC6=O)C7=O)CC5)CC4)cn3)CC2)cc1C(F)(F)F. The number of hydrogen-bond donors (Lipinski definition) is 2. The second kappa shape index (κ2) is 17.7. The maximum absolute atomic E-state index is 15.4. The molecule has 62 heavy (non-hydrogen) atoms. The van der Waals surface area contributed by atoms with Gasteiger partial charge in [-0.25, -0.2) is 14.2 Å². The summed E-state index contributed by atoms with van der Waals surface area (Å²) in [7, 11) is 0. The predicted octanol–water partition coefficient (Wildman–Crippen LogP) is 4.71. The third-order valence-electron chi connectivity index (χ3n) is 12.4. The van der Waals surface area contributed by atoms with E-state index in [4.69, 9.17) is 11.3 Å². The van der Waals surface area contributed by atoms with E-state index >= 15 is 4.39 Å². The fourth-order valence-electron chi connectivity index (χ4n) is 8.86. The first-order chi connectivity index (χ1) is 29.7. The van der Waals surface area contributed by atoms with Crippen LogP contribution in [0.25, 0.3) is 4.85 Å². The van der Waals surface area contributed by atoms with Gasteiger partial charge in [-0.3, -0.25) is 39.1 Å². The minimum absolute atomic E-state index is 0.00162. The van der Waals surface area contributed by atoms with Crippen LogP contribution in [0.3, 0.4) is 0 Å². The minimum atomic E-state index is -4.63. The van der Waals surface area contributed by atoms with Gasteiger partial charge in [0.1, 0.15) is 29.5 Å². The number of benzene rings is 2. The van der Waals surface area contributed by atoms with Crippen LogP contribution in [0.1, 0.15) is 64.8 Å². The van der Waals surface area contributed by atoms with Crippen molar-refractivity contribution in [3.63, 3.8) is 0 Å². The molecule has 1 unspecified atom stereocenters. The Kier molecular flexibility index (Phi) is 12.1. The number of carbonyl (C=O) groups excluding carboxylic acids is 5. The van der Waals surface area contributed by atoms with Crippen LogP contribution in [0.4, 0.5) is 40.4 Å². The highest BCUT2D eigenvalue weighted by molar-refractivity contribution is 6.23. The van der Waals surface area contributed by atoms with Crippen molar-refractivity contribution < 1.29 is 46.3 Å². The number of hydrogen-bond acceptors (Lipinski definition) is 11. The molecule has 5 aliphatic rings. The number of carbonyl (C=O) groups is 5. The van der Waals surface area contributed by atoms with Gasteiger partial charge in [-0.2, -0.15) is 13.2 Å². The number of imide groups is 2. The molecule has 2 N–H and O–H groups in total. The number of piperidine rings is 3. The second-order valence-electron chi connectivity index (χ2n) is 16.2. The molecule has 8 rings (SSSR count). The number of fused-ring (bicyclic) bond motifs is 1. The molecule has 4 fully saturated rings. The Morgan fingerprint density at radius 2 is 1.52 bits per heavy atom. The number of nitrogens with zero attached hydrogens (tertiary/aromatic N) is 7. The highest BCUT2D eigenvalue weighted by Crippen LogP contribution is 2.40. The van der Waals surface area contributed by atoms with E-state index in [1.807, 2.05) is 4.90 Å². The first-order valence-corrected chi connectivity index (χ1v) is 20.8.